The Labute approximate surface area is 177 Å². The molecule has 1 aromatic rings. The highest BCUT2D eigenvalue weighted by Gasteiger charge is 2.40. The van der Waals surface area contributed by atoms with Crippen LogP contribution in [-0.4, -0.2) is 31.6 Å². The van der Waals surface area contributed by atoms with Crippen LogP contribution in [0.1, 0.15) is 58.9 Å². The third-order valence-electron chi connectivity index (χ3n) is 6.31. The lowest BCUT2D eigenvalue weighted by Crippen LogP contribution is -2.45. The Morgan fingerprint density at radius 2 is 1.90 bits per heavy atom. The van der Waals surface area contributed by atoms with Crippen molar-refractivity contribution < 1.29 is 19.1 Å². The second-order valence-corrected chi connectivity index (χ2v) is 14.5. The van der Waals surface area contributed by atoms with Crippen molar-refractivity contribution in [3.63, 3.8) is 0 Å². The molecule has 0 radical (unpaired) electrons. The normalized spacial score (nSPS) is 21.7. The lowest BCUT2D eigenvalue weighted by atomic mass is 9.88. The molecule has 0 heterocycles. The van der Waals surface area contributed by atoms with Gasteiger partial charge in [0, 0.05) is 5.92 Å². The molecule has 5 heteroatoms. The van der Waals surface area contributed by atoms with Gasteiger partial charge in [-0.1, -0.05) is 70.5 Å². The van der Waals surface area contributed by atoms with Crippen LogP contribution in [0.4, 0.5) is 0 Å². The van der Waals surface area contributed by atoms with Crippen LogP contribution in [0.3, 0.4) is 0 Å². The maximum Gasteiger partial charge on any atom is 0.333 e. The summed E-state index contributed by atoms with van der Waals surface area (Å²) in [7, 11) is -1.88. The molecule has 0 bridgehead atoms. The van der Waals surface area contributed by atoms with Gasteiger partial charge >= 0.3 is 5.97 Å². The van der Waals surface area contributed by atoms with E-state index in [1.54, 1.807) is 0 Å². The maximum absolute atomic E-state index is 11.9. The zero-order valence-corrected chi connectivity index (χ0v) is 19.9. The summed E-state index contributed by atoms with van der Waals surface area (Å²) in [6.45, 7) is 13.6. The molecule has 4 nitrogen and oxygen atoms in total. The number of carbonyl (C=O) groups is 1. The molecule has 0 spiro atoms. The van der Waals surface area contributed by atoms with Crippen molar-refractivity contribution in [3.8, 4) is 0 Å². The minimum atomic E-state index is -1.88. The summed E-state index contributed by atoms with van der Waals surface area (Å²) in [6, 6.07) is 9.71. The molecule has 0 aromatic heterocycles. The quantitative estimate of drug-likeness (QED) is 0.404. The summed E-state index contributed by atoms with van der Waals surface area (Å²) < 4.78 is 12.5. The lowest BCUT2D eigenvalue weighted by Gasteiger charge is -2.41. The Hall–Kier alpha value is -1.43. The molecule has 1 N–H and O–H groups in total. The summed E-state index contributed by atoms with van der Waals surface area (Å²) in [6.07, 6.45) is 5.66. The smallest absolute Gasteiger partial charge is 0.333 e. The Morgan fingerprint density at radius 1 is 1.24 bits per heavy atom. The van der Waals surface area contributed by atoms with Gasteiger partial charge in [0.1, 0.15) is 0 Å². The van der Waals surface area contributed by atoms with E-state index in [1.807, 2.05) is 37.3 Å². The standard InChI is InChI=1S/C24H38O4Si/c1-18(22(23(25)26)27-17-19-12-8-7-9-13-19)16-20-14-10-11-15-21(20)28-29(5,6)24(2,3)4/h7-9,12-13,16,18,21-22H,10-11,14-15,17H2,1-6H3,(H,25,26)/b20-16-/t18-,21-,22-/m1/s1. The van der Waals surface area contributed by atoms with Crippen molar-refractivity contribution >= 4 is 14.3 Å². The number of ether oxygens (including phenoxy) is 1. The van der Waals surface area contributed by atoms with Crippen molar-refractivity contribution in [3.05, 3.63) is 47.5 Å². The highest BCUT2D eigenvalue weighted by molar-refractivity contribution is 6.74. The largest absolute Gasteiger partial charge is 0.479 e. The van der Waals surface area contributed by atoms with E-state index in [1.165, 1.54) is 5.57 Å². The van der Waals surface area contributed by atoms with Gasteiger partial charge in [-0.3, -0.25) is 0 Å². The molecule has 1 aliphatic carbocycles. The zero-order chi connectivity index (χ0) is 21.7. The first kappa shape index (κ1) is 23.8. The third kappa shape index (κ3) is 6.80. The Bertz CT molecular complexity index is 691. The van der Waals surface area contributed by atoms with Gasteiger partial charge in [-0.2, -0.15) is 0 Å². The molecule has 0 amide bonds. The van der Waals surface area contributed by atoms with Crippen LogP contribution in [0.2, 0.25) is 18.1 Å². The number of hydrogen-bond acceptors (Lipinski definition) is 3. The van der Waals surface area contributed by atoms with Gasteiger partial charge in [0.2, 0.25) is 0 Å². The molecule has 2 rings (SSSR count). The average molecular weight is 419 g/mol. The van der Waals surface area contributed by atoms with Gasteiger partial charge in [-0.05, 0) is 48.5 Å². The highest BCUT2D eigenvalue weighted by atomic mass is 28.4. The van der Waals surface area contributed by atoms with Crippen LogP contribution in [0.15, 0.2) is 42.0 Å². The van der Waals surface area contributed by atoms with Gasteiger partial charge < -0.3 is 14.3 Å². The fourth-order valence-corrected chi connectivity index (χ4v) is 4.83. The number of aliphatic carboxylic acids is 1. The van der Waals surface area contributed by atoms with Gasteiger partial charge in [0.15, 0.2) is 14.4 Å². The molecule has 1 aliphatic rings. The first-order chi connectivity index (χ1) is 13.5. The van der Waals surface area contributed by atoms with E-state index < -0.39 is 20.4 Å². The first-order valence-electron chi connectivity index (χ1n) is 10.8. The Morgan fingerprint density at radius 3 is 2.48 bits per heavy atom. The molecule has 29 heavy (non-hydrogen) atoms. The second-order valence-electron chi connectivity index (χ2n) is 9.77. The molecule has 0 saturated heterocycles. The predicted octanol–water partition coefficient (Wildman–Crippen LogP) is 6.18. The number of rotatable bonds is 8. The number of carboxylic acid groups (broad SMARTS) is 1. The second kappa shape index (κ2) is 10.1. The minimum Gasteiger partial charge on any atom is -0.479 e. The fourth-order valence-electron chi connectivity index (χ4n) is 3.50. The SMILES string of the molecule is C[C@H](/C=C1/CCCC[C@H]1O[Si](C)(C)C(C)(C)C)[C@@H](OCc1ccccc1)C(=O)O. The van der Waals surface area contributed by atoms with Crippen molar-refractivity contribution in [1.82, 2.24) is 0 Å². The summed E-state index contributed by atoms with van der Waals surface area (Å²) in [4.78, 5) is 11.9. The predicted molar refractivity (Wildman–Crippen MR) is 120 cm³/mol. The maximum atomic E-state index is 11.9. The van der Waals surface area contributed by atoms with E-state index in [4.69, 9.17) is 9.16 Å². The Kier molecular flexibility index (Phi) is 8.26. The van der Waals surface area contributed by atoms with Crippen LogP contribution in [0.25, 0.3) is 0 Å². The number of benzene rings is 1. The fraction of sp³-hybridized carbons (Fsp3) is 0.625. The van der Waals surface area contributed by atoms with Crippen LogP contribution in [0.5, 0.6) is 0 Å². The lowest BCUT2D eigenvalue weighted by molar-refractivity contribution is -0.153. The van der Waals surface area contributed by atoms with Gasteiger partial charge in [0.05, 0.1) is 12.7 Å². The molecule has 1 fully saturated rings. The summed E-state index contributed by atoms with van der Waals surface area (Å²) in [5, 5.41) is 9.89. The van der Waals surface area contributed by atoms with E-state index in [9.17, 15) is 9.90 Å². The van der Waals surface area contributed by atoms with Crippen LogP contribution >= 0.6 is 0 Å². The van der Waals surface area contributed by atoms with E-state index in [-0.39, 0.29) is 17.1 Å². The zero-order valence-electron chi connectivity index (χ0n) is 18.9. The topological polar surface area (TPSA) is 55.8 Å². The summed E-state index contributed by atoms with van der Waals surface area (Å²) in [5.41, 5.74) is 2.23. The molecular weight excluding hydrogens is 380 g/mol. The number of hydrogen-bond donors (Lipinski definition) is 1. The monoisotopic (exact) mass is 418 g/mol. The van der Waals surface area contributed by atoms with E-state index >= 15 is 0 Å². The molecule has 0 unspecified atom stereocenters. The van der Waals surface area contributed by atoms with E-state index in [0.717, 1.165) is 31.2 Å². The van der Waals surface area contributed by atoms with Gasteiger partial charge in [0.25, 0.3) is 0 Å². The molecular formula is C24H38O4Si. The van der Waals surface area contributed by atoms with Gasteiger partial charge in [-0.15, -0.1) is 0 Å². The highest BCUT2D eigenvalue weighted by Crippen LogP contribution is 2.40. The van der Waals surface area contributed by atoms with Gasteiger partial charge in [-0.25, -0.2) is 4.79 Å². The molecule has 162 valence electrons. The minimum absolute atomic E-state index is 0.107. The molecule has 1 aromatic carbocycles. The summed E-state index contributed by atoms with van der Waals surface area (Å²) in [5.74, 6) is -1.13. The first-order valence-corrected chi connectivity index (χ1v) is 13.7. The third-order valence-corrected chi connectivity index (χ3v) is 10.8. The van der Waals surface area contributed by atoms with Crippen molar-refractivity contribution in [2.75, 3.05) is 0 Å². The van der Waals surface area contributed by atoms with E-state index in [2.05, 4.69) is 39.9 Å². The Balaban J connectivity index is 2.12. The molecule has 0 aliphatic heterocycles. The number of carboxylic acids is 1. The van der Waals surface area contributed by atoms with Crippen molar-refractivity contribution in [2.24, 2.45) is 5.92 Å². The molecule has 1 saturated carbocycles. The van der Waals surface area contributed by atoms with E-state index in [0.29, 0.717) is 6.61 Å². The van der Waals surface area contributed by atoms with Crippen molar-refractivity contribution in [1.29, 1.82) is 0 Å². The van der Waals surface area contributed by atoms with Crippen LogP contribution in [-0.2, 0) is 20.6 Å². The van der Waals surface area contributed by atoms with Crippen molar-refractivity contribution in [2.45, 2.75) is 90.3 Å². The molecule has 3 atom stereocenters. The van der Waals surface area contributed by atoms with Crippen LogP contribution in [0, 0.1) is 5.92 Å². The average Bonchev–Trinajstić information content (AvgIpc) is 2.63. The van der Waals surface area contributed by atoms with Crippen LogP contribution < -0.4 is 0 Å². The summed E-state index contributed by atoms with van der Waals surface area (Å²) >= 11 is 0.